The predicted octanol–water partition coefficient (Wildman–Crippen LogP) is 2.01. The van der Waals surface area contributed by atoms with Crippen molar-refractivity contribution in [1.29, 1.82) is 0 Å². The Balaban J connectivity index is 0.00000156. The second-order valence-corrected chi connectivity index (χ2v) is 8.25. The summed E-state index contributed by atoms with van der Waals surface area (Å²) in [5, 5.41) is 1.58. The third-order valence-corrected chi connectivity index (χ3v) is 7.03. The molecule has 0 radical (unpaired) electrons. The van der Waals surface area contributed by atoms with Crippen LogP contribution in [0.15, 0.2) is 41.6 Å². The average molecular weight is 354 g/mol. The van der Waals surface area contributed by atoms with E-state index in [0.717, 1.165) is 23.6 Å². The number of pyridine rings is 1. The molecule has 1 saturated heterocycles. The first-order valence-corrected chi connectivity index (χ1v) is 9.10. The van der Waals surface area contributed by atoms with E-state index in [1.54, 1.807) is 34.9 Å². The summed E-state index contributed by atoms with van der Waals surface area (Å²) in [7, 11) is -3.48. The zero-order valence-corrected chi connectivity index (χ0v) is 14.3. The summed E-state index contributed by atoms with van der Waals surface area (Å²) in [6.07, 6.45) is 5.39. The van der Waals surface area contributed by atoms with Gasteiger partial charge in [-0.05, 0) is 36.8 Å². The van der Waals surface area contributed by atoms with Gasteiger partial charge < -0.3 is 5.73 Å². The fourth-order valence-corrected chi connectivity index (χ4v) is 5.67. The largest absolute Gasteiger partial charge is 0.327 e. The molecule has 124 valence electrons. The van der Waals surface area contributed by atoms with Crippen LogP contribution in [0, 0.1) is 11.8 Å². The molecule has 2 N–H and O–H groups in total. The zero-order chi connectivity index (χ0) is 15.3. The first-order valence-electron chi connectivity index (χ1n) is 7.66. The maximum atomic E-state index is 13.1. The summed E-state index contributed by atoms with van der Waals surface area (Å²) < 4.78 is 27.7. The predicted molar refractivity (Wildman–Crippen MR) is 91.9 cm³/mol. The van der Waals surface area contributed by atoms with E-state index in [4.69, 9.17) is 5.73 Å². The summed E-state index contributed by atoms with van der Waals surface area (Å²) in [6, 6.07) is 7.26. The van der Waals surface area contributed by atoms with Gasteiger partial charge in [0.05, 0.1) is 4.90 Å². The number of halogens is 1. The van der Waals surface area contributed by atoms with Gasteiger partial charge in [-0.25, -0.2) is 8.42 Å². The van der Waals surface area contributed by atoms with Gasteiger partial charge >= 0.3 is 0 Å². The topological polar surface area (TPSA) is 76.3 Å². The van der Waals surface area contributed by atoms with Crippen LogP contribution in [0.5, 0.6) is 0 Å². The third-order valence-electron chi connectivity index (χ3n) is 5.14. The molecule has 0 amide bonds. The molecule has 2 aromatic rings. The molecule has 0 bridgehead atoms. The number of benzene rings is 1. The number of nitrogens with two attached hydrogens (primary N) is 1. The Labute approximate surface area is 142 Å². The standard InChI is InChI=1S/C16H19N3O2S.ClH/c17-15-5-4-12-9-19(10-14(12)15)22(20,21)16-3-1-2-11-8-18-7-6-13(11)16;/h1-3,6-8,12,14-15H,4-5,9-10,17H2;1H. The molecule has 7 heteroatoms. The van der Waals surface area contributed by atoms with Crippen molar-refractivity contribution < 1.29 is 8.42 Å². The van der Waals surface area contributed by atoms with Gasteiger partial charge in [-0.3, -0.25) is 4.98 Å². The molecule has 1 aliphatic heterocycles. The highest BCUT2D eigenvalue weighted by Crippen LogP contribution is 2.39. The van der Waals surface area contributed by atoms with Gasteiger partial charge in [0.2, 0.25) is 10.0 Å². The fraction of sp³-hybridized carbons (Fsp3) is 0.438. The van der Waals surface area contributed by atoms with E-state index >= 15 is 0 Å². The summed E-state index contributed by atoms with van der Waals surface area (Å²) >= 11 is 0. The molecule has 1 saturated carbocycles. The summed E-state index contributed by atoms with van der Waals surface area (Å²) in [4.78, 5) is 4.44. The van der Waals surface area contributed by atoms with Crippen molar-refractivity contribution in [1.82, 2.24) is 9.29 Å². The first kappa shape index (κ1) is 16.6. The van der Waals surface area contributed by atoms with E-state index in [0.29, 0.717) is 29.8 Å². The Hall–Kier alpha value is -1.21. The molecule has 1 aromatic heterocycles. The van der Waals surface area contributed by atoms with Crippen molar-refractivity contribution in [3.63, 3.8) is 0 Å². The SMILES string of the molecule is Cl.NC1CCC2CN(S(=O)(=O)c3cccc4cnccc34)CC12. The van der Waals surface area contributed by atoms with E-state index in [-0.39, 0.29) is 18.4 Å². The maximum absolute atomic E-state index is 13.1. The lowest BCUT2D eigenvalue weighted by molar-refractivity contribution is 0.427. The molecule has 1 aliphatic carbocycles. The van der Waals surface area contributed by atoms with Crippen molar-refractivity contribution in [2.45, 2.75) is 23.8 Å². The van der Waals surface area contributed by atoms with Crippen molar-refractivity contribution in [2.24, 2.45) is 17.6 Å². The van der Waals surface area contributed by atoms with Gasteiger partial charge in [-0.2, -0.15) is 4.31 Å². The van der Waals surface area contributed by atoms with Crippen LogP contribution in [-0.2, 0) is 10.0 Å². The molecule has 2 fully saturated rings. The molecule has 23 heavy (non-hydrogen) atoms. The molecule has 2 aliphatic rings. The minimum absolute atomic E-state index is 0. The maximum Gasteiger partial charge on any atom is 0.243 e. The van der Waals surface area contributed by atoms with Crippen LogP contribution < -0.4 is 5.73 Å². The monoisotopic (exact) mass is 353 g/mol. The fourth-order valence-electron chi connectivity index (χ4n) is 3.92. The Kier molecular flexibility index (Phi) is 4.35. The third kappa shape index (κ3) is 2.63. The molecule has 3 atom stereocenters. The van der Waals surface area contributed by atoms with E-state index in [2.05, 4.69) is 4.98 Å². The molecule has 5 nitrogen and oxygen atoms in total. The van der Waals surface area contributed by atoms with Crippen molar-refractivity contribution in [3.05, 3.63) is 36.7 Å². The minimum atomic E-state index is -3.48. The number of hydrogen-bond donors (Lipinski definition) is 1. The number of nitrogens with zero attached hydrogens (tertiary/aromatic N) is 2. The lowest BCUT2D eigenvalue weighted by Crippen LogP contribution is -2.33. The molecular weight excluding hydrogens is 334 g/mol. The van der Waals surface area contributed by atoms with Gasteiger partial charge in [0.1, 0.15) is 0 Å². The number of sulfonamides is 1. The van der Waals surface area contributed by atoms with Crippen LogP contribution in [-0.4, -0.2) is 36.8 Å². The highest BCUT2D eigenvalue weighted by Gasteiger charge is 2.45. The Morgan fingerprint density at radius 3 is 2.78 bits per heavy atom. The molecular formula is C16H20ClN3O2S. The van der Waals surface area contributed by atoms with E-state index in [1.165, 1.54) is 0 Å². The number of hydrogen-bond acceptors (Lipinski definition) is 4. The lowest BCUT2D eigenvalue weighted by atomic mass is 9.98. The zero-order valence-electron chi connectivity index (χ0n) is 12.6. The normalized spacial score (nSPS) is 27.8. The highest BCUT2D eigenvalue weighted by atomic mass is 35.5. The summed E-state index contributed by atoms with van der Waals surface area (Å²) in [5.74, 6) is 0.729. The van der Waals surface area contributed by atoms with Crippen molar-refractivity contribution in [2.75, 3.05) is 13.1 Å². The first-order chi connectivity index (χ1) is 10.6. The van der Waals surface area contributed by atoms with Crippen LogP contribution in [0.1, 0.15) is 12.8 Å². The van der Waals surface area contributed by atoms with Gasteiger partial charge in [0, 0.05) is 42.3 Å². The molecule has 2 heterocycles. The molecule has 1 aromatic carbocycles. The van der Waals surface area contributed by atoms with Crippen molar-refractivity contribution >= 4 is 33.2 Å². The van der Waals surface area contributed by atoms with Gasteiger partial charge in [0.15, 0.2) is 0 Å². The molecule has 3 unspecified atom stereocenters. The average Bonchev–Trinajstić information content (AvgIpc) is 3.10. The highest BCUT2D eigenvalue weighted by molar-refractivity contribution is 7.89. The van der Waals surface area contributed by atoms with Crippen LogP contribution in [0.4, 0.5) is 0 Å². The van der Waals surface area contributed by atoms with Gasteiger partial charge in [-0.1, -0.05) is 12.1 Å². The number of aromatic nitrogens is 1. The molecule has 4 rings (SSSR count). The van der Waals surface area contributed by atoms with Crippen LogP contribution in [0.2, 0.25) is 0 Å². The Morgan fingerprint density at radius 2 is 2.00 bits per heavy atom. The summed E-state index contributed by atoms with van der Waals surface area (Å²) in [5.41, 5.74) is 6.12. The Bertz CT molecular complexity index is 822. The number of fused-ring (bicyclic) bond motifs is 2. The van der Waals surface area contributed by atoms with E-state index in [1.807, 2.05) is 6.07 Å². The Morgan fingerprint density at radius 1 is 1.17 bits per heavy atom. The van der Waals surface area contributed by atoms with Crippen LogP contribution in [0.3, 0.4) is 0 Å². The van der Waals surface area contributed by atoms with E-state index < -0.39 is 10.0 Å². The minimum Gasteiger partial charge on any atom is -0.327 e. The quantitative estimate of drug-likeness (QED) is 0.896. The van der Waals surface area contributed by atoms with Crippen LogP contribution >= 0.6 is 12.4 Å². The molecule has 0 spiro atoms. The number of rotatable bonds is 2. The van der Waals surface area contributed by atoms with Gasteiger partial charge in [0.25, 0.3) is 0 Å². The van der Waals surface area contributed by atoms with Crippen LogP contribution in [0.25, 0.3) is 10.8 Å². The van der Waals surface area contributed by atoms with E-state index in [9.17, 15) is 8.42 Å². The van der Waals surface area contributed by atoms with Gasteiger partial charge in [-0.15, -0.1) is 12.4 Å². The second kappa shape index (κ2) is 6.02. The summed E-state index contributed by atoms with van der Waals surface area (Å²) in [6.45, 7) is 1.15. The smallest absolute Gasteiger partial charge is 0.243 e. The lowest BCUT2D eigenvalue weighted by Gasteiger charge is -2.19. The van der Waals surface area contributed by atoms with Crippen molar-refractivity contribution in [3.8, 4) is 0 Å². The second-order valence-electron chi connectivity index (χ2n) is 6.34.